The molecule has 0 amide bonds. The number of fused-ring (bicyclic) bond motifs is 1. The number of anilines is 1. The van der Waals surface area contributed by atoms with Crippen LogP contribution in [0.5, 0.6) is 0 Å². The predicted molar refractivity (Wildman–Crippen MR) is 89.8 cm³/mol. The Morgan fingerprint density at radius 2 is 2.05 bits per heavy atom. The van der Waals surface area contributed by atoms with Crippen LogP contribution < -0.4 is 9.62 Å². The molecule has 108 valence electrons. The van der Waals surface area contributed by atoms with Gasteiger partial charge >= 0.3 is 0 Å². The van der Waals surface area contributed by atoms with Gasteiger partial charge in [0.15, 0.2) is 0 Å². The molecule has 1 aromatic carbocycles. The fourth-order valence-corrected chi connectivity index (χ4v) is 3.10. The van der Waals surface area contributed by atoms with Crippen LogP contribution in [0, 0.1) is 0 Å². The minimum absolute atomic E-state index is 0.502. The Kier molecular flexibility index (Phi) is 4.24. The maximum absolute atomic E-state index is 6.07. The molecule has 0 spiro atoms. The zero-order chi connectivity index (χ0) is 14.8. The molecule has 0 unspecified atom stereocenters. The highest BCUT2D eigenvalue weighted by Gasteiger charge is 2.20. The SMILES string of the molecule is CCN(C1=Nc2cc(Cl)c(Cl)cc2SN1)c1ccccn1. The molecule has 1 aliphatic heterocycles. The summed E-state index contributed by atoms with van der Waals surface area (Å²) >= 11 is 13.6. The molecule has 0 atom stereocenters. The first-order valence-electron chi connectivity index (χ1n) is 6.38. The van der Waals surface area contributed by atoms with E-state index in [1.165, 1.54) is 11.9 Å². The Bertz CT molecular complexity index is 691. The third-order valence-electron chi connectivity index (χ3n) is 2.98. The van der Waals surface area contributed by atoms with Crippen LogP contribution in [0.3, 0.4) is 0 Å². The third-order valence-corrected chi connectivity index (χ3v) is 4.53. The number of benzene rings is 1. The molecule has 3 rings (SSSR count). The van der Waals surface area contributed by atoms with E-state index < -0.39 is 0 Å². The molecule has 0 saturated heterocycles. The molecule has 2 heterocycles. The van der Waals surface area contributed by atoms with Crippen molar-refractivity contribution in [3.8, 4) is 0 Å². The first kappa shape index (κ1) is 14.5. The number of rotatable bonds is 2. The van der Waals surface area contributed by atoms with Crippen molar-refractivity contribution < 1.29 is 0 Å². The molecule has 21 heavy (non-hydrogen) atoms. The van der Waals surface area contributed by atoms with Gasteiger partial charge in [0.25, 0.3) is 0 Å². The smallest absolute Gasteiger partial charge is 0.215 e. The molecule has 0 aliphatic carbocycles. The zero-order valence-corrected chi connectivity index (χ0v) is 13.5. The number of nitrogens with zero attached hydrogens (tertiary/aromatic N) is 3. The molecule has 0 bridgehead atoms. The summed E-state index contributed by atoms with van der Waals surface area (Å²) in [7, 11) is 0. The van der Waals surface area contributed by atoms with E-state index in [1.54, 1.807) is 12.3 Å². The van der Waals surface area contributed by atoms with Crippen molar-refractivity contribution in [3.63, 3.8) is 0 Å². The van der Waals surface area contributed by atoms with Gasteiger partial charge in [0.2, 0.25) is 5.96 Å². The van der Waals surface area contributed by atoms with Gasteiger partial charge in [0, 0.05) is 12.7 Å². The number of guanidine groups is 1. The van der Waals surface area contributed by atoms with Crippen molar-refractivity contribution in [2.45, 2.75) is 11.8 Å². The summed E-state index contributed by atoms with van der Waals surface area (Å²) in [5.41, 5.74) is 0.803. The predicted octanol–water partition coefficient (Wildman–Crippen LogP) is 4.51. The van der Waals surface area contributed by atoms with Crippen LogP contribution in [-0.2, 0) is 0 Å². The van der Waals surface area contributed by atoms with Crippen LogP contribution in [0.4, 0.5) is 11.5 Å². The highest BCUT2D eigenvalue weighted by atomic mass is 35.5. The van der Waals surface area contributed by atoms with Gasteiger partial charge in [-0.15, -0.1) is 0 Å². The maximum Gasteiger partial charge on any atom is 0.215 e. The van der Waals surface area contributed by atoms with Crippen LogP contribution in [0.2, 0.25) is 10.0 Å². The Hall–Kier alpha value is -1.43. The standard InChI is InChI=1S/C14H12Cl2N4S/c1-2-20(13-5-3-4-6-17-13)14-18-11-7-9(15)10(16)8-12(11)21-19-14/h3-8H,2H2,1H3,(H,18,19). The lowest BCUT2D eigenvalue weighted by atomic mass is 10.3. The number of halogens is 2. The highest BCUT2D eigenvalue weighted by molar-refractivity contribution is 7.98. The quantitative estimate of drug-likeness (QED) is 0.817. The van der Waals surface area contributed by atoms with E-state index in [1.807, 2.05) is 36.1 Å². The van der Waals surface area contributed by atoms with E-state index >= 15 is 0 Å². The summed E-state index contributed by atoms with van der Waals surface area (Å²) in [6.07, 6.45) is 1.76. The summed E-state index contributed by atoms with van der Waals surface area (Å²) in [6.45, 7) is 2.80. The molecule has 2 aromatic rings. The fourth-order valence-electron chi connectivity index (χ4n) is 1.97. The molecule has 7 heteroatoms. The van der Waals surface area contributed by atoms with Gasteiger partial charge in [-0.3, -0.25) is 9.62 Å². The van der Waals surface area contributed by atoms with Gasteiger partial charge in [0.1, 0.15) is 5.82 Å². The van der Waals surface area contributed by atoms with Crippen LogP contribution in [0.25, 0.3) is 0 Å². The van der Waals surface area contributed by atoms with Crippen LogP contribution in [-0.4, -0.2) is 17.5 Å². The summed E-state index contributed by atoms with van der Waals surface area (Å²) in [6, 6.07) is 9.38. The second kappa shape index (κ2) is 6.13. The highest BCUT2D eigenvalue weighted by Crippen LogP contribution is 2.38. The minimum Gasteiger partial charge on any atom is -0.296 e. The maximum atomic E-state index is 6.07. The molecular weight excluding hydrogens is 327 g/mol. The molecule has 1 aromatic heterocycles. The fraction of sp³-hybridized carbons (Fsp3) is 0.143. The number of pyridine rings is 1. The summed E-state index contributed by atoms with van der Waals surface area (Å²) in [4.78, 5) is 11.9. The lowest BCUT2D eigenvalue weighted by molar-refractivity contribution is 0.992. The van der Waals surface area contributed by atoms with Gasteiger partial charge in [-0.2, -0.15) is 0 Å². The van der Waals surface area contributed by atoms with Gasteiger partial charge in [-0.05, 0) is 43.1 Å². The number of nitrogens with one attached hydrogen (secondary N) is 1. The minimum atomic E-state index is 0.502. The van der Waals surface area contributed by atoms with E-state index in [0.717, 1.165) is 28.9 Å². The monoisotopic (exact) mass is 338 g/mol. The molecule has 1 N–H and O–H groups in total. The molecule has 0 saturated carbocycles. The number of hydrogen-bond acceptors (Lipinski definition) is 5. The topological polar surface area (TPSA) is 40.5 Å². The first-order chi connectivity index (χ1) is 10.2. The van der Waals surface area contributed by atoms with E-state index in [0.29, 0.717) is 10.0 Å². The van der Waals surface area contributed by atoms with Gasteiger partial charge in [0.05, 0.1) is 20.6 Å². The number of aromatic nitrogens is 1. The Labute approximate surface area is 137 Å². The van der Waals surface area contributed by atoms with Crippen LogP contribution >= 0.6 is 35.1 Å². The Morgan fingerprint density at radius 1 is 1.24 bits per heavy atom. The number of hydrogen-bond donors (Lipinski definition) is 1. The molecule has 1 aliphatic rings. The van der Waals surface area contributed by atoms with E-state index in [4.69, 9.17) is 23.2 Å². The van der Waals surface area contributed by atoms with Crippen molar-refractivity contribution in [2.24, 2.45) is 4.99 Å². The van der Waals surface area contributed by atoms with E-state index in [9.17, 15) is 0 Å². The first-order valence-corrected chi connectivity index (χ1v) is 7.95. The molecule has 0 radical (unpaired) electrons. The lowest BCUT2D eigenvalue weighted by Gasteiger charge is -2.26. The lowest BCUT2D eigenvalue weighted by Crippen LogP contribution is -2.39. The summed E-state index contributed by atoms with van der Waals surface area (Å²) in [5.74, 6) is 1.57. The molecular formula is C14H12Cl2N4S. The Morgan fingerprint density at radius 3 is 2.76 bits per heavy atom. The number of aliphatic imine (C=N–C) groups is 1. The zero-order valence-electron chi connectivity index (χ0n) is 11.2. The largest absolute Gasteiger partial charge is 0.296 e. The summed E-state index contributed by atoms with van der Waals surface area (Å²) in [5, 5.41) is 1.03. The van der Waals surface area contributed by atoms with Crippen LogP contribution in [0.1, 0.15) is 6.92 Å². The summed E-state index contributed by atoms with van der Waals surface area (Å²) < 4.78 is 3.22. The second-order valence-electron chi connectivity index (χ2n) is 4.31. The van der Waals surface area contributed by atoms with Crippen LogP contribution in [0.15, 0.2) is 46.4 Å². The van der Waals surface area contributed by atoms with Crippen molar-refractivity contribution in [1.82, 2.24) is 9.71 Å². The van der Waals surface area contributed by atoms with Gasteiger partial charge < -0.3 is 0 Å². The second-order valence-corrected chi connectivity index (χ2v) is 5.97. The van der Waals surface area contributed by atoms with Gasteiger partial charge in [-0.25, -0.2) is 9.98 Å². The van der Waals surface area contributed by atoms with Crippen molar-refractivity contribution in [3.05, 3.63) is 46.6 Å². The van der Waals surface area contributed by atoms with Crippen molar-refractivity contribution in [2.75, 3.05) is 11.4 Å². The molecule has 4 nitrogen and oxygen atoms in total. The average molecular weight is 339 g/mol. The van der Waals surface area contributed by atoms with Crippen molar-refractivity contribution >= 4 is 52.6 Å². The van der Waals surface area contributed by atoms with E-state index in [2.05, 4.69) is 14.7 Å². The molecule has 0 fully saturated rings. The van der Waals surface area contributed by atoms with Gasteiger partial charge in [-0.1, -0.05) is 29.3 Å². The average Bonchev–Trinajstić information content (AvgIpc) is 2.50. The Balaban J connectivity index is 1.99. The van der Waals surface area contributed by atoms with E-state index in [-0.39, 0.29) is 0 Å². The van der Waals surface area contributed by atoms with Crippen molar-refractivity contribution in [1.29, 1.82) is 0 Å². The third kappa shape index (κ3) is 2.95. The normalized spacial score (nSPS) is 13.2.